The van der Waals surface area contributed by atoms with E-state index in [-0.39, 0.29) is 47.8 Å². The van der Waals surface area contributed by atoms with Crippen LogP contribution in [0.1, 0.15) is 32.1 Å². The maximum Gasteiger partial charge on any atom is 0.243 e. The van der Waals surface area contributed by atoms with Gasteiger partial charge in [0.1, 0.15) is 6.54 Å². The highest BCUT2D eigenvalue weighted by molar-refractivity contribution is 14.0. The number of ether oxygens (including phenoxy) is 1. The monoisotopic (exact) mass is 509 g/mol. The lowest BCUT2D eigenvalue weighted by Crippen LogP contribution is -2.50. The number of likely N-dealkylation sites (N-methyl/N-ethyl adjacent to an activating group) is 1. The molecule has 0 radical (unpaired) electrons. The summed E-state index contributed by atoms with van der Waals surface area (Å²) < 4.78 is 5.42. The van der Waals surface area contributed by atoms with Crippen LogP contribution in [0.4, 0.5) is 0 Å². The van der Waals surface area contributed by atoms with E-state index in [4.69, 9.17) is 4.74 Å². The van der Waals surface area contributed by atoms with Gasteiger partial charge in [0.25, 0.3) is 0 Å². The van der Waals surface area contributed by atoms with Crippen LogP contribution < -0.4 is 10.6 Å². The second-order valence-corrected chi connectivity index (χ2v) is 8.10. The van der Waals surface area contributed by atoms with Crippen LogP contribution in [0.5, 0.6) is 0 Å². The van der Waals surface area contributed by atoms with Gasteiger partial charge in [-0.15, -0.1) is 24.0 Å². The van der Waals surface area contributed by atoms with Crippen molar-refractivity contribution in [1.82, 2.24) is 20.4 Å². The zero-order chi connectivity index (χ0) is 19.9. The molecule has 1 heterocycles. The molecule has 2 aliphatic rings. The summed E-state index contributed by atoms with van der Waals surface area (Å²) in [6.07, 6.45) is 4.94. The highest BCUT2D eigenvalue weighted by Gasteiger charge is 2.42. The van der Waals surface area contributed by atoms with Crippen molar-refractivity contribution in [1.29, 1.82) is 0 Å². The van der Waals surface area contributed by atoms with Gasteiger partial charge in [0, 0.05) is 53.8 Å². The number of hydrogen-bond donors (Lipinski definition) is 2. The van der Waals surface area contributed by atoms with Gasteiger partial charge in [0.15, 0.2) is 5.96 Å². The molecule has 1 aliphatic heterocycles. The van der Waals surface area contributed by atoms with Crippen molar-refractivity contribution in [2.75, 3.05) is 61.0 Å². The Morgan fingerprint density at radius 2 is 1.79 bits per heavy atom. The molecule has 28 heavy (non-hydrogen) atoms. The van der Waals surface area contributed by atoms with Crippen molar-refractivity contribution in [3.63, 3.8) is 0 Å². The fraction of sp³-hybridized carbons (Fsp3) is 0.842. The number of carbonyl (C=O) groups excluding carboxylic acids is 2. The number of hydrogen-bond acceptors (Lipinski definition) is 4. The molecule has 1 aliphatic carbocycles. The average molecular weight is 509 g/mol. The SMILES string of the molecule is CN(C)C(=O)CN=C(NCC1CCOC1)NCC1(C(=O)N(C)C)CCCC1.I. The molecule has 2 rings (SSSR count). The second-order valence-electron chi connectivity index (χ2n) is 8.10. The van der Waals surface area contributed by atoms with Gasteiger partial charge in [-0.2, -0.15) is 0 Å². The first-order valence-corrected chi connectivity index (χ1v) is 9.86. The molecule has 162 valence electrons. The van der Waals surface area contributed by atoms with E-state index in [9.17, 15) is 9.59 Å². The molecule has 1 atom stereocenters. The topological polar surface area (TPSA) is 86.3 Å². The van der Waals surface area contributed by atoms with Crippen LogP contribution in [-0.4, -0.2) is 88.6 Å². The van der Waals surface area contributed by atoms with Crippen molar-refractivity contribution < 1.29 is 14.3 Å². The molecule has 0 aromatic carbocycles. The van der Waals surface area contributed by atoms with Gasteiger partial charge < -0.3 is 25.2 Å². The first-order chi connectivity index (χ1) is 12.8. The molecule has 2 N–H and O–H groups in total. The minimum atomic E-state index is -0.381. The van der Waals surface area contributed by atoms with Crippen LogP contribution in [0, 0.1) is 11.3 Å². The Morgan fingerprint density at radius 3 is 2.32 bits per heavy atom. The number of amides is 2. The normalized spacial score (nSPS) is 21.0. The Hall–Kier alpha value is -1.10. The lowest BCUT2D eigenvalue weighted by Gasteiger charge is -2.31. The summed E-state index contributed by atoms with van der Waals surface area (Å²) in [4.78, 5) is 32.3. The van der Waals surface area contributed by atoms with Gasteiger partial charge in [-0.1, -0.05) is 12.8 Å². The van der Waals surface area contributed by atoms with E-state index in [0.29, 0.717) is 18.4 Å². The minimum absolute atomic E-state index is 0. The van der Waals surface area contributed by atoms with E-state index in [1.807, 2.05) is 14.1 Å². The first-order valence-electron chi connectivity index (χ1n) is 9.86. The van der Waals surface area contributed by atoms with E-state index < -0.39 is 0 Å². The van der Waals surface area contributed by atoms with Gasteiger partial charge in [-0.05, 0) is 19.3 Å². The van der Waals surface area contributed by atoms with Gasteiger partial charge in [0.05, 0.1) is 12.0 Å². The fourth-order valence-electron chi connectivity index (χ4n) is 3.69. The van der Waals surface area contributed by atoms with Crippen LogP contribution in [0.3, 0.4) is 0 Å². The van der Waals surface area contributed by atoms with E-state index >= 15 is 0 Å². The van der Waals surface area contributed by atoms with E-state index in [1.165, 1.54) is 4.90 Å². The van der Waals surface area contributed by atoms with Crippen molar-refractivity contribution in [3.05, 3.63) is 0 Å². The van der Waals surface area contributed by atoms with Crippen LogP contribution >= 0.6 is 24.0 Å². The molecular formula is C19H36IN5O3. The Morgan fingerprint density at radius 1 is 1.11 bits per heavy atom. The third kappa shape index (κ3) is 7.06. The number of rotatable bonds is 7. The van der Waals surface area contributed by atoms with Crippen LogP contribution in [0.25, 0.3) is 0 Å². The Balaban J connectivity index is 0.00000392. The maximum atomic E-state index is 12.8. The van der Waals surface area contributed by atoms with Crippen molar-refractivity contribution in [2.24, 2.45) is 16.3 Å². The van der Waals surface area contributed by atoms with Gasteiger partial charge in [-0.3, -0.25) is 9.59 Å². The summed E-state index contributed by atoms with van der Waals surface area (Å²) in [7, 11) is 7.06. The molecule has 2 fully saturated rings. The molecule has 9 heteroatoms. The number of carbonyl (C=O) groups is 2. The lowest BCUT2D eigenvalue weighted by molar-refractivity contribution is -0.138. The predicted molar refractivity (Wildman–Crippen MR) is 121 cm³/mol. The summed E-state index contributed by atoms with van der Waals surface area (Å²) in [5, 5.41) is 6.66. The number of aliphatic imine (C=N–C) groups is 1. The Kier molecular flexibility index (Phi) is 10.5. The molecule has 1 saturated heterocycles. The van der Waals surface area contributed by atoms with Crippen LogP contribution in [-0.2, 0) is 14.3 Å². The minimum Gasteiger partial charge on any atom is -0.381 e. The molecule has 8 nitrogen and oxygen atoms in total. The molecule has 1 unspecified atom stereocenters. The maximum absolute atomic E-state index is 12.8. The number of halogens is 1. The summed E-state index contributed by atoms with van der Waals surface area (Å²) in [5.41, 5.74) is -0.381. The molecule has 0 spiro atoms. The summed E-state index contributed by atoms with van der Waals surface area (Å²) in [6, 6.07) is 0. The largest absolute Gasteiger partial charge is 0.381 e. The molecule has 0 aromatic heterocycles. The molecule has 1 saturated carbocycles. The number of guanidine groups is 1. The lowest BCUT2D eigenvalue weighted by atomic mass is 9.84. The van der Waals surface area contributed by atoms with Crippen molar-refractivity contribution >= 4 is 41.8 Å². The Labute approximate surface area is 185 Å². The standard InChI is InChI=1S/C19H35N5O3.HI/c1-23(2)16(25)12-21-18(20-11-15-7-10-27-13-15)22-14-19(8-5-6-9-19)17(26)24(3)4;/h15H,5-14H2,1-4H3,(H2,20,21,22);1H. The van der Waals surface area contributed by atoms with Crippen LogP contribution in [0.2, 0.25) is 0 Å². The summed E-state index contributed by atoms with van der Waals surface area (Å²) in [5.74, 6) is 1.15. The predicted octanol–water partition coefficient (Wildman–Crippen LogP) is 0.913. The van der Waals surface area contributed by atoms with Crippen molar-refractivity contribution in [2.45, 2.75) is 32.1 Å². The van der Waals surface area contributed by atoms with E-state index in [1.54, 1.807) is 19.0 Å². The third-order valence-electron chi connectivity index (χ3n) is 5.47. The number of nitrogens with one attached hydrogen (secondary N) is 2. The third-order valence-corrected chi connectivity index (χ3v) is 5.47. The molecule has 2 amide bonds. The Bertz CT molecular complexity index is 542. The molecular weight excluding hydrogens is 473 g/mol. The highest BCUT2D eigenvalue weighted by Crippen LogP contribution is 2.38. The zero-order valence-electron chi connectivity index (χ0n) is 17.6. The first kappa shape index (κ1) is 24.9. The van der Waals surface area contributed by atoms with Crippen molar-refractivity contribution in [3.8, 4) is 0 Å². The van der Waals surface area contributed by atoms with E-state index in [0.717, 1.165) is 51.9 Å². The fourth-order valence-corrected chi connectivity index (χ4v) is 3.69. The summed E-state index contributed by atoms with van der Waals surface area (Å²) in [6.45, 7) is 2.91. The zero-order valence-corrected chi connectivity index (χ0v) is 20.0. The number of nitrogens with zero attached hydrogens (tertiary/aromatic N) is 3. The average Bonchev–Trinajstić information content (AvgIpc) is 3.32. The van der Waals surface area contributed by atoms with Gasteiger partial charge in [-0.25, -0.2) is 4.99 Å². The quantitative estimate of drug-likeness (QED) is 0.303. The molecule has 0 bridgehead atoms. The summed E-state index contributed by atoms with van der Waals surface area (Å²) >= 11 is 0. The van der Waals surface area contributed by atoms with Crippen LogP contribution in [0.15, 0.2) is 4.99 Å². The smallest absolute Gasteiger partial charge is 0.243 e. The highest BCUT2D eigenvalue weighted by atomic mass is 127. The second kappa shape index (κ2) is 11.8. The molecule has 0 aromatic rings. The van der Waals surface area contributed by atoms with E-state index in [2.05, 4.69) is 15.6 Å². The van der Waals surface area contributed by atoms with Gasteiger partial charge in [0.2, 0.25) is 11.8 Å². The van der Waals surface area contributed by atoms with Gasteiger partial charge >= 0.3 is 0 Å².